The number of nitrogens with zero attached hydrogens (tertiary/aromatic N) is 2. The first kappa shape index (κ1) is 10.8. The van der Waals surface area contributed by atoms with E-state index in [4.69, 9.17) is 10.00 Å². The Hall–Kier alpha value is -2.32. The predicted molar refractivity (Wildman–Crippen MR) is 64.5 cm³/mol. The van der Waals surface area contributed by atoms with Crippen molar-refractivity contribution < 1.29 is 4.74 Å². The number of ether oxygens (including phenoxy) is 1. The van der Waals surface area contributed by atoms with Gasteiger partial charge in [-0.05, 0) is 18.2 Å². The van der Waals surface area contributed by atoms with Crippen LogP contribution in [-0.2, 0) is 17.8 Å². The van der Waals surface area contributed by atoms with Gasteiger partial charge in [0.1, 0.15) is 0 Å². The Morgan fingerprint density at radius 1 is 1.44 bits per heavy atom. The molecule has 0 fully saturated rings. The van der Waals surface area contributed by atoms with Gasteiger partial charge in [-0.25, -0.2) is 4.68 Å². The Morgan fingerprint density at radius 3 is 3.11 bits per heavy atom. The number of aromatic amines is 1. The Morgan fingerprint density at radius 2 is 2.33 bits per heavy atom. The summed E-state index contributed by atoms with van der Waals surface area (Å²) in [5, 5.41) is 12.0. The molecule has 0 radical (unpaired) electrons. The molecule has 0 unspecified atom stereocenters. The molecule has 0 atom stereocenters. The van der Waals surface area contributed by atoms with Crippen LogP contribution in [-0.4, -0.2) is 16.4 Å². The lowest BCUT2D eigenvalue weighted by molar-refractivity contribution is 0.109. The third-order valence-corrected chi connectivity index (χ3v) is 3.05. The molecule has 0 bridgehead atoms. The van der Waals surface area contributed by atoms with Gasteiger partial charge in [0, 0.05) is 12.1 Å². The molecule has 0 amide bonds. The molecule has 5 heteroatoms. The van der Waals surface area contributed by atoms with Crippen LogP contribution in [0.1, 0.15) is 16.8 Å². The normalized spacial score (nSPS) is 13.9. The minimum absolute atomic E-state index is 0.0974. The van der Waals surface area contributed by atoms with Gasteiger partial charge >= 0.3 is 0 Å². The lowest BCUT2D eigenvalue weighted by atomic mass is 10.2. The predicted octanol–water partition coefficient (Wildman–Crippen LogP) is 1.11. The molecular weight excluding hydrogens is 230 g/mol. The van der Waals surface area contributed by atoms with Gasteiger partial charge in [0.25, 0.3) is 5.56 Å². The molecule has 1 N–H and O–H groups in total. The molecular formula is C13H11N3O2. The molecule has 18 heavy (non-hydrogen) atoms. The molecule has 90 valence electrons. The lowest BCUT2D eigenvalue weighted by Crippen LogP contribution is -2.19. The summed E-state index contributed by atoms with van der Waals surface area (Å²) in [7, 11) is 0. The third-order valence-electron chi connectivity index (χ3n) is 3.05. The van der Waals surface area contributed by atoms with Crippen LogP contribution >= 0.6 is 0 Å². The molecule has 2 aromatic rings. The minimum atomic E-state index is -0.0974. The quantitative estimate of drug-likeness (QED) is 0.813. The van der Waals surface area contributed by atoms with Crippen LogP contribution in [0.15, 0.2) is 29.1 Å². The van der Waals surface area contributed by atoms with Crippen molar-refractivity contribution in [2.75, 3.05) is 6.61 Å². The third kappa shape index (κ3) is 1.63. The number of rotatable bonds is 1. The second kappa shape index (κ2) is 4.17. The van der Waals surface area contributed by atoms with Gasteiger partial charge in [-0.1, -0.05) is 6.07 Å². The Kier molecular flexibility index (Phi) is 2.50. The average Bonchev–Trinajstić information content (AvgIpc) is 2.77. The van der Waals surface area contributed by atoms with E-state index in [0.717, 1.165) is 12.1 Å². The van der Waals surface area contributed by atoms with Crippen molar-refractivity contribution in [2.45, 2.75) is 13.0 Å². The van der Waals surface area contributed by atoms with Gasteiger partial charge < -0.3 is 4.74 Å². The fourth-order valence-electron chi connectivity index (χ4n) is 2.12. The second-order valence-corrected chi connectivity index (χ2v) is 4.17. The van der Waals surface area contributed by atoms with E-state index < -0.39 is 0 Å². The molecule has 0 saturated carbocycles. The van der Waals surface area contributed by atoms with Gasteiger partial charge in [-0.15, -0.1) is 0 Å². The highest BCUT2D eigenvalue weighted by Gasteiger charge is 2.18. The summed E-state index contributed by atoms with van der Waals surface area (Å²) in [6, 6.07) is 9.02. The summed E-state index contributed by atoms with van der Waals surface area (Å²) in [6.45, 7) is 0.987. The van der Waals surface area contributed by atoms with Gasteiger partial charge in [0.05, 0.1) is 36.1 Å². The monoisotopic (exact) mass is 241 g/mol. The summed E-state index contributed by atoms with van der Waals surface area (Å²) in [6.07, 6.45) is 0.718. The van der Waals surface area contributed by atoms with Crippen molar-refractivity contribution in [1.82, 2.24) is 9.78 Å². The number of hydrogen-bond donors (Lipinski definition) is 1. The molecule has 5 nitrogen and oxygen atoms in total. The van der Waals surface area contributed by atoms with Gasteiger partial charge in [0.2, 0.25) is 0 Å². The summed E-state index contributed by atoms with van der Waals surface area (Å²) < 4.78 is 6.76. The SMILES string of the molecule is N#Cc1cccc(-n2[nH]c3c(c2=O)COCC3)c1. The zero-order valence-electron chi connectivity index (χ0n) is 9.64. The van der Waals surface area contributed by atoms with Gasteiger partial charge in [-0.2, -0.15) is 5.26 Å². The van der Waals surface area contributed by atoms with E-state index in [1.807, 2.05) is 0 Å². The number of benzene rings is 1. The van der Waals surface area contributed by atoms with E-state index >= 15 is 0 Å². The highest BCUT2D eigenvalue weighted by molar-refractivity contribution is 5.41. The van der Waals surface area contributed by atoms with E-state index in [9.17, 15) is 4.79 Å². The Bertz CT molecular complexity index is 691. The smallest absolute Gasteiger partial charge is 0.277 e. The van der Waals surface area contributed by atoms with Crippen LogP contribution in [0.5, 0.6) is 0 Å². The van der Waals surface area contributed by atoms with Crippen molar-refractivity contribution in [3.8, 4) is 11.8 Å². The van der Waals surface area contributed by atoms with Crippen LogP contribution in [0.4, 0.5) is 0 Å². The van der Waals surface area contributed by atoms with Gasteiger partial charge in [-0.3, -0.25) is 9.89 Å². The second-order valence-electron chi connectivity index (χ2n) is 4.17. The van der Waals surface area contributed by atoms with Gasteiger partial charge in [0.15, 0.2) is 0 Å². The number of nitriles is 1. The number of hydrogen-bond acceptors (Lipinski definition) is 3. The first-order chi connectivity index (χ1) is 8.79. The number of H-pyrrole nitrogens is 1. The van der Waals surface area contributed by atoms with E-state index in [-0.39, 0.29) is 5.56 Å². The Labute approximate surface area is 103 Å². The number of aromatic nitrogens is 2. The van der Waals surface area contributed by atoms with Crippen molar-refractivity contribution >= 4 is 0 Å². The van der Waals surface area contributed by atoms with Crippen molar-refractivity contribution in [2.24, 2.45) is 0 Å². The van der Waals surface area contributed by atoms with E-state index in [0.29, 0.717) is 30.0 Å². The maximum absolute atomic E-state index is 12.2. The molecule has 0 aliphatic carbocycles. The van der Waals surface area contributed by atoms with Crippen molar-refractivity contribution in [3.63, 3.8) is 0 Å². The van der Waals surface area contributed by atoms with E-state index in [1.165, 1.54) is 4.68 Å². The summed E-state index contributed by atoms with van der Waals surface area (Å²) in [4.78, 5) is 12.2. The van der Waals surface area contributed by atoms with Crippen LogP contribution in [0, 0.1) is 11.3 Å². The highest BCUT2D eigenvalue weighted by Crippen LogP contribution is 2.14. The van der Waals surface area contributed by atoms with Crippen LogP contribution in [0.25, 0.3) is 5.69 Å². The fourth-order valence-corrected chi connectivity index (χ4v) is 2.12. The Balaban J connectivity index is 2.15. The molecule has 0 spiro atoms. The topological polar surface area (TPSA) is 70.8 Å². The fraction of sp³-hybridized carbons (Fsp3) is 0.231. The maximum atomic E-state index is 12.2. The van der Waals surface area contributed by atoms with E-state index in [2.05, 4.69) is 11.2 Å². The van der Waals surface area contributed by atoms with Crippen LogP contribution in [0.3, 0.4) is 0 Å². The molecule has 3 rings (SSSR count). The maximum Gasteiger partial charge on any atom is 0.277 e. The van der Waals surface area contributed by atoms with Crippen molar-refractivity contribution in [1.29, 1.82) is 5.26 Å². The average molecular weight is 241 g/mol. The zero-order valence-corrected chi connectivity index (χ0v) is 9.64. The molecule has 1 aromatic carbocycles. The number of nitrogens with one attached hydrogen (secondary N) is 1. The molecule has 1 aromatic heterocycles. The zero-order chi connectivity index (χ0) is 12.5. The molecule has 1 aliphatic rings. The van der Waals surface area contributed by atoms with E-state index in [1.54, 1.807) is 24.3 Å². The molecule has 0 saturated heterocycles. The summed E-state index contributed by atoms with van der Waals surface area (Å²) in [5.41, 5.74) is 2.72. The first-order valence-electron chi connectivity index (χ1n) is 5.70. The van der Waals surface area contributed by atoms with Crippen LogP contribution < -0.4 is 5.56 Å². The first-order valence-corrected chi connectivity index (χ1v) is 5.70. The highest BCUT2D eigenvalue weighted by atomic mass is 16.5. The molecule has 1 aliphatic heterocycles. The minimum Gasteiger partial charge on any atom is -0.376 e. The number of fused-ring (bicyclic) bond motifs is 1. The largest absolute Gasteiger partial charge is 0.376 e. The molecule has 2 heterocycles. The standard InChI is InChI=1S/C13H11N3O2/c14-7-9-2-1-3-10(6-9)16-13(17)11-8-18-5-4-12(11)15-16/h1-3,6,15H,4-5,8H2. The lowest BCUT2D eigenvalue weighted by Gasteiger charge is -2.08. The van der Waals surface area contributed by atoms with Crippen LogP contribution in [0.2, 0.25) is 0 Å². The summed E-state index contributed by atoms with van der Waals surface area (Å²) >= 11 is 0. The van der Waals surface area contributed by atoms with Crippen molar-refractivity contribution in [3.05, 3.63) is 51.4 Å². The summed E-state index contributed by atoms with van der Waals surface area (Å²) in [5.74, 6) is 0.